The van der Waals surface area contributed by atoms with Crippen LogP contribution < -0.4 is 5.73 Å². The van der Waals surface area contributed by atoms with Crippen LogP contribution in [-0.2, 0) is 16.1 Å². The van der Waals surface area contributed by atoms with Crippen molar-refractivity contribution in [3.05, 3.63) is 33.8 Å². The highest BCUT2D eigenvalue weighted by atomic mass is 35.5. The zero-order valence-corrected chi connectivity index (χ0v) is 13.7. The first-order chi connectivity index (χ1) is 10.4. The van der Waals surface area contributed by atoms with Gasteiger partial charge >= 0.3 is 5.91 Å². The Bertz CT molecular complexity index is 631. The number of hydrogen-bond acceptors (Lipinski definition) is 2. The average molecular weight is 342 g/mol. The average Bonchev–Trinajstić information content (AvgIpc) is 2.69. The number of rotatable bonds is 4. The number of primary amides is 1. The molecule has 118 valence electrons. The van der Waals surface area contributed by atoms with E-state index in [1.54, 1.807) is 12.1 Å². The van der Waals surface area contributed by atoms with Crippen molar-refractivity contribution in [2.24, 2.45) is 5.73 Å². The van der Waals surface area contributed by atoms with Crippen LogP contribution in [-0.4, -0.2) is 28.4 Å². The van der Waals surface area contributed by atoms with Crippen LogP contribution in [0.3, 0.4) is 0 Å². The van der Waals surface area contributed by atoms with Gasteiger partial charge in [0.15, 0.2) is 6.04 Å². The monoisotopic (exact) mass is 341 g/mol. The van der Waals surface area contributed by atoms with Crippen molar-refractivity contribution < 1.29 is 14.1 Å². The van der Waals surface area contributed by atoms with Gasteiger partial charge in [0, 0.05) is 29.8 Å². The Balaban J connectivity index is 2.02. The molecule has 3 rings (SSSR count). The van der Waals surface area contributed by atoms with E-state index in [-0.39, 0.29) is 22.3 Å². The van der Waals surface area contributed by atoms with E-state index >= 15 is 0 Å². The van der Waals surface area contributed by atoms with Crippen molar-refractivity contribution in [1.29, 1.82) is 0 Å². The Labute approximate surface area is 139 Å². The Kier molecular flexibility index (Phi) is 4.19. The van der Waals surface area contributed by atoms with Gasteiger partial charge in [-0.05, 0) is 18.6 Å². The molecule has 0 radical (unpaired) electrons. The number of likely N-dealkylation sites (tertiary alicyclic amines) is 1. The quantitative estimate of drug-likeness (QED) is 0.855. The molecule has 1 heterocycles. The molecule has 1 saturated carbocycles. The van der Waals surface area contributed by atoms with E-state index in [9.17, 15) is 9.59 Å². The van der Waals surface area contributed by atoms with Crippen molar-refractivity contribution >= 4 is 35.0 Å². The predicted molar refractivity (Wildman–Crippen MR) is 85.3 cm³/mol. The molecule has 4 nitrogen and oxygen atoms in total. The van der Waals surface area contributed by atoms with Crippen molar-refractivity contribution in [2.75, 3.05) is 0 Å². The second-order valence-corrected chi connectivity index (χ2v) is 7.10. The first-order valence-electron chi connectivity index (χ1n) is 7.59. The van der Waals surface area contributed by atoms with E-state index in [4.69, 9.17) is 28.9 Å². The molecule has 6 heteroatoms. The van der Waals surface area contributed by atoms with Crippen molar-refractivity contribution in [2.45, 2.75) is 50.7 Å². The molecule has 1 aromatic carbocycles. The van der Waals surface area contributed by atoms with Crippen LogP contribution in [0.25, 0.3) is 0 Å². The molecule has 1 aliphatic heterocycles. The minimum atomic E-state index is -0.440. The molecule has 0 aromatic heterocycles. The number of nitrogens with zero attached hydrogens (tertiary/aromatic N) is 1. The van der Waals surface area contributed by atoms with Crippen LogP contribution in [0.2, 0.25) is 10.0 Å². The lowest BCUT2D eigenvalue weighted by Gasteiger charge is -2.46. The van der Waals surface area contributed by atoms with E-state index in [1.165, 1.54) is 0 Å². The lowest BCUT2D eigenvalue weighted by Crippen LogP contribution is -2.65. The van der Waals surface area contributed by atoms with Gasteiger partial charge in [0.25, 0.3) is 5.91 Å². The van der Waals surface area contributed by atoms with Gasteiger partial charge in [0.05, 0.1) is 17.5 Å². The molecule has 0 spiro atoms. The molecular weight excluding hydrogens is 323 g/mol. The summed E-state index contributed by atoms with van der Waals surface area (Å²) >= 11 is 12.2. The van der Waals surface area contributed by atoms with Crippen molar-refractivity contribution in [3.8, 4) is 0 Å². The number of carbonyl (C=O) groups is 2. The third-order valence-electron chi connectivity index (χ3n) is 5.15. The maximum atomic E-state index is 12.7. The van der Waals surface area contributed by atoms with Gasteiger partial charge in [0.2, 0.25) is 0 Å². The van der Waals surface area contributed by atoms with E-state index in [0.717, 1.165) is 24.8 Å². The minimum Gasteiger partial charge on any atom is -0.364 e. The second-order valence-electron chi connectivity index (χ2n) is 6.26. The second kappa shape index (κ2) is 5.84. The SMILES string of the molecule is NC(=O)[C@@H]1CCC(=O)[N+]1(Cc1ccc(Cl)cc1Cl)C1CCC1. The summed E-state index contributed by atoms with van der Waals surface area (Å²) in [5.74, 6) is -0.276. The smallest absolute Gasteiger partial charge is 0.315 e. The van der Waals surface area contributed by atoms with Gasteiger partial charge in [-0.25, -0.2) is 9.28 Å². The number of carbonyl (C=O) groups excluding carboxylic acids is 2. The molecule has 1 unspecified atom stereocenters. The number of halogens is 2. The summed E-state index contributed by atoms with van der Waals surface area (Å²) in [6.45, 7) is 0.424. The van der Waals surface area contributed by atoms with Gasteiger partial charge < -0.3 is 5.73 Å². The van der Waals surface area contributed by atoms with Gasteiger partial charge in [-0.1, -0.05) is 29.3 Å². The Morgan fingerprint density at radius 2 is 2.00 bits per heavy atom. The number of nitrogens with two attached hydrogens (primary N) is 1. The largest absolute Gasteiger partial charge is 0.364 e. The Morgan fingerprint density at radius 3 is 2.55 bits per heavy atom. The van der Waals surface area contributed by atoms with Crippen molar-refractivity contribution in [1.82, 2.24) is 0 Å². The van der Waals surface area contributed by atoms with Gasteiger partial charge in [0.1, 0.15) is 6.54 Å². The maximum absolute atomic E-state index is 12.7. The van der Waals surface area contributed by atoms with E-state index in [1.807, 2.05) is 6.07 Å². The molecule has 0 bridgehead atoms. The number of benzene rings is 1. The molecule has 1 saturated heterocycles. The number of amides is 2. The fourth-order valence-electron chi connectivity index (χ4n) is 3.81. The topological polar surface area (TPSA) is 60.2 Å². The van der Waals surface area contributed by atoms with Crippen LogP contribution in [0, 0.1) is 0 Å². The zero-order valence-electron chi connectivity index (χ0n) is 12.2. The normalized spacial score (nSPS) is 28.6. The molecule has 2 fully saturated rings. The Hall–Kier alpha value is -1.10. The molecule has 22 heavy (non-hydrogen) atoms. The number of quaternary nitrogens is 1. The summed E-state index contributed by atoms with van der Waals surface area (Å²) < 4.78 is 0.149. The van der Waals surface area contributed by atoms with E-state index in [2.05, 4.69) is 0 Å². The van der Waals surface area contributed by atoms with Gasteiger partial charge in [-0.3, -0.25) is 4.79 Å². The molecule has 2 aliphatic rings. The fraction of sp³-hybridized carbons (Fsp3) is 0.500. The van der Waals surface area contributed by atoms with Gasteiger partial charge in [-0.15, -0.1) is 0 Å². The molecule has 1 aliphatic carbocycles. The lowest BCUT2D eigenvalue weighted by atomic mass is 9.87. The van der Waals surface area contributed by atoms with Crippen LogP contribution >= 0.6 is 23.2 Å². The zero-order chi connectivity index (χ0) is 15.9. The van der Waals surface area contributed by atoms with E-state index in [0.29, 0.717) is 29.4 Å². The highest BCUT2D eigenvalue weighted by Gasteiger charge is 2.58. The minimum absolute atomic E-state index is 0.111. The first kappa shape index (κ1) is 15.8. The van der Waals surface area contributed by atoms with Crippen LogP contribution in [0.5, 0.6) is 0 Å². The van der Waals surface area contributed by atoms with Crippen LogP contribution in [0.4, 0.5) is 0 Å². The highest BCUT2D eigenvalue weighted by molar-refractivity contribution is 6.35. The summed E-state index contributed by atoms with van der Waals surface area (Å²) in [5.41, 5.74) is 6.45. The summed E-state index contributed by atoms with van der Waals surface area (Å²) in [6, 6.07) is 5.02. The summed E-state index contributed by atoms with van der Waals surface area (Å²) in [6.07, 6.45) is 3.96. The third-order valence-corrected chi connectivity index (χ3v) is 5.74. The van der Waals surface area contributed by atoms with Crippen LogP contribution in [0.1, 0.15) is 37.7 Å². The molecule has 1 aromatic rings. The predicted octanol–water partition coefficient (Wildman–Crippen LogP) is 3.04. The molecule has 2 amide bonds. The fourth-order valence-corrected chi connectivity index (χ4v) is 4.27. The van der Waals surface area contributed by atoms with Crippen LogP contribution in [0.15, 0.2) is 18.2 Å². The van der Waals surface area contributed by atoms with E-state index < -0.39 is 6.04 Å². The van der Waals surface area contributed by atoms with Gasteiger partial charge in [-0.2, -0.15) is 0 Å². The molecule has 2 N–H and O–H groups in total. The molecule has 2 atom stereocenters. The third kappa shape index (κ3) is 2.43. The number of hydrogen-bond donors (Lipinski definition) is 1. The molecular formula is C16H19Cl2N2O2+. The van der Waals surface area contributed by atoms with Crippen molar-refractivity contribution in [3.63, 3.8) is 0 Å². The standard InChI is InChI=1S/C16H18Cl2N2O2/c17-11-5-4-10(13(18)8-11)9-20(12-2-1-3-12)14(16(19)22)6-7-15(20)21/h4-5,8,12,14H,1-3,6-7,9H2,(H-,19,22)/p+1/t14-,20?/m0/s1. The maximum Gasteiger partial charge on any atom is 0.315 e. The Morgan fingerprint density at radius 1 is 1.27 bits per heavy atom. The summed E-state index contributed by atoms with van der Waals surface area (Å²) in [4.78, 5) is 24.7. The lowest BCUT2D eigenvalue weighted by molar-refractivity contribution is -0.905. The highest BCUT2D eigenvalue weighted by Crippen LogP contribution is 2.42. The summed E-state index contributed by atoms with van der Waals surface area (Å²) in [5, 5.41) is 1.09. The summed E-state index contributed by atoms with van der Waals surface area (Å²) in [7, 11) is 0. The first-order valence-corrected chi connectivity index (χ1v) is 8.35.